The molecule has 2 rings (SSSR count). The van der Waals surface area contributed by atoms with Crippen LogP contribution in [-0.4, -0.2) is 12.3 Å². The molecule has 17 heavy (non-hydrogen) atoms. The third kappa shape index (κ3) is 3.58. The Kier molecular flexibility index (Phi) is 4.18. The zero-order valence-corrected chi connectivity index (χ0v) is 10.5. The summed E-state index contributed by atoms with van der Waals surface area (Å²) < 4.78 is 0. The number of nitrogens with one attached hydrogen (secondary N) is 1. The van der Waals surface area contributed by atoms with Gasteiger partial charge in [0.05, 0.1) is 6.54 Å². The lowest BCUT2D eigenvalue weighted by atomic mass is 9.81. The van der Waals surface area contributed by atoms with E-state index in [1.54, 1.807) is 0 Å². The minimum atomic E-state index is 0.294. The molecule has 1 aliphatic carbocycles. The summed E-state index contributed by atoms with van der Waals surface area (Å²) in [6.07, 6.45) is 4.58. The van der Waals surface area contributed by atoms with E-state index in [0.717, 1.165) is 24.4 Å². The van der Waals surface area contributed by atoms with Gasteiger partial charge in [0.15, 0.2) is 5.78 Å². The van der Waals surface area contributed by atoms with Gasteiger partial charge in [0.1, 0.15) is 0 Å². The van der Waals surface area contributed by atoms with Crippen LogP contribution in [0.1, 0.15) is 32.6 Å². The van der Waals surface area contributed by atoms with Gasteiger partial charge in [0.25, 0.3) is 0 Å². The highest BCUT2D eigenvalue weighted by Gasteiger charge is 2.23. The molecule has 0 saturated heterocycles. The molecule has 1 fully saturated rings. The van der Waals surface area contributed by atoms with Crippen molar-refractivity contribution in [3.05, 3.63) is 30.3 Å². The maximum atomic E-state index is 12.0. The van der Waals surface area contributed by atoms with E-state index in [-0.39, 0.29) is 0 Å². The van der Waals surface area contributed by atoms with Crippen molar-refractivity contribution in [1.82, 2.24) is 0 Å². The van der Waals surface area contributed by atoms with Crippen molar-refractivity contribution in [2.24, 2.45) is 11.8 Å². The van der Waals surface area contributed by atoms with Crippen LogP contribution >= 0.6 is 0 Å². The number of hydrogen-bond acceptors (Lipinski definition) is 2. The van der Waals surface area contributed by atoms with Gasteiger partial charge in [-0.15, -0.1) is 0 Å². The molecule has 1 saturated carbocycles. The maximum absolute atomic E-state index is 12.0. The summed E-state index contributed by atoms with van der Waals surface area (Å²) in [6, 6.07) is 9.94. The fraction of sp³-hybridized carbons (Fsp3) is 0.533. The van der Waals surface area contributed by atoms with E-state index in [0.29, 0.717) is 18.2 Å². The first kappa shape index (κ1) is 12.2. The second-order valence-electron chi connectivity index (χ2n) is 5.14. The van der Waals surface area contributed by atoms with Crippen LogP contribution in [0.4, 0.5) is 5.69 Å². The number of anilines is 1. The average molecular weight is 231 g/mol. The Balaban J connectivity index is 1.78. The summed E-state index contributed by atoms with van der Waals surface area (Å²) in [4.78, 5) is 12.0. The predicted molar refractivity (Wildman–Crippen MR) is 71.1 cm³/mol. The predicted octanol–water partition coefficient (Wildman–Crippen LogP) is 3.49. The first-order valence-corrected chi connectivity index (χ1v) is 6.57. The number of hydrogen-bond donors (Lipinski definition) is 1. The fourth-order valence-corrected chi connectivity index (χ4v) is 2.47. The molecular weight excluding hydrogens is 210 g/mol. The van der Waals surface area contributed by atoms with Crippen LogP contribution in [-0.2, 0) is 4.79 Å². The van der Waals surface area contributed by atoms with Crippen molar-refractivity contribution in [1.29, 1.82) is 0 Å². The number of para-hydroxylation sites is 1. The van der Waals surface area contributed by atoms with Crippen LogP contribution in [0.5, 0.6) is 0 Å². The van der Waals surface area contributed by atoms with Gasteiger partial charge in [-0.3, -0.25) is 4.79 Å². The maximum Gasteiger partial charge on any atom is 0.154 e. The lowest BCUT2D eigenvalue weighted by molar-refractivity contribution is -0.122. The van der Waals surface area contributed by atoms with Crippen LogP contribution in [0.25, 0.3) is 0 Å². The smallest absolute Gasteiger partial charge is 0.154 e. The second-order valence-corrected chi connectivity index (χ2v) is 5.14. The second kappa shape index (κ2) is 5.85. The Morgan fingerprint density at radius 2 is 1.82 bits per heavy atom. The third-order valence-electron chi connectivity index (χ3n) is 3.71. The highest BCUT2D eigenvalue weighted by Crippen LogP contribution is 2.28. The fourth-order valence-electron chi connectivity index (χ4n) is 2.47. The molecule has 2 heteroatoms. The number of benzene rings is 1. The Hall–Kier alpha value is -1.31. The van der Waals surface area contributed by atoms with Crippen LogP contribution in [0, 0.1) is 11.8 Å². The summed E-state index contributed by atoms with van der Waals surface area (Å²) in [5, 5.41) is 3.20. The molecule has 1 N–H and O–H groups in total. The molecule has 0 heterocycles. The number of carbonyl (C=O) groups is 1. The quantitative estimate of drug-likeness (QED) is 0.859. The van der Waals surface area contributed by atoms with Crippen molar-refractivity contribution in [3.63, 3.8) is 0 Å². The molecule has 0 atom stereocenters. The molecule has 0 radical (unpaired) electrons. The summed E-state index contributed by atoms with van der Waals surface area (Å²) in [6.45, 7) is 2.76. The van der Waals surface area contributed by atoms with Crippen molar-refractivity contribution < 1.29 is 4.79 Å². The lowest BCUT2D eigenvalue weighted by Gasteiger charge is -2.25. The minimum Gasteiger partial charge on any atom is -0.378 e. The molecule has 1 aromatic carbocycles. The summed E-state index contributed by atoms with van der Waals surface area (Å²) in [5.74, 6) is 1.48. The van der Waals surface area contributed by atoms with E-state index in [1.165, 1.54) is 12.8 Å². The third-order valence-corrected chi connectivity index (χ3v) is 3.71. The Morgan fingerprint density at radius 1 is 1.18 bits per heavy atom. The number of carbonyl (C=O) groups excluding carboxylic acids is 1. The normalized spacial score (nSPS) is 24.3. The van der Waals surface area contributed by atoms with E-state index in [1.807, 2.05) is 30.3 Å². The minimum absolute atomic E-state index is 0.294. The summed E-state index contributed by atoms with van der Waals surface area (Å²) >= 11 is 0. The molecular formula is C15H21NO. The highest BCUT2D eigenvalue weighted by molar-refractivity contribution is 5.85. The molecule has 1 aliphatic rings. The van der Waals surface area contributed by atoms with Gasteiger partial charge in [-0.1, -0.05) is 38.0 Å². The lowest BCUT2D eigenvalue weighted by Crippen LogP contribution is -2.26. The molecule has 0 aliphatic heterocycles. The molecule has 0 amide bonds. The molecule has 92 valence electrons. The van der Waals surface area contributed by atoms with E-state index in [9.17, 15) is 4.79 Å². The van der Waals surface area contributed by atoms with Crippen molar-refractivity contribution in [2.75, 3.05) is 11.9 Å². The topological polar surface area (TPSA) is 29.1 Å². The molecule has 0 aromatic heterocycles. The molecule has 1 aromatic rings. The zero-order chi connectivity index (χ0) is 12.1. The molecule has 0 bridgehead atoms. The van der Waals surface area contributed by atoms with Crippen molar-refractivity contribution in [2.45, 2.75) is 32.6 Å². The Bertz CT molecular complexity index is 352. The first-order valence-electron chi connectivity index (χ1n) is 6.57. The van der Waals surface area contributed by atoms with Gasteiger partial charge in [-0.05, 0) is 30.9 Å². The van der Waals surface area contributed by atoms with E-state index in [4.69, 9.17) is 0 Å². The van der Waals surface area contributed by atoms with Gasteiger partial charge in [-0.25, -0.2) is 0 Å². The number of Topliss-reactive ketones (excluding diaryl/α,β-unsaturated/α-hetero) is 1. The number of rotatable bonds is 4. The molecule has 0 unspecified atom stereocenters. The summed E-state index contributed by atoms with van der Waals surface area (Å²) in [7, 11) is 0. The van der Waals surface area contributed by atoms with Gasteiger partial charge < -0.3 is 5.32 Å². The van der Waals surface area contributed by atoms with Crippen LogP contribution < -0.4 is 5.32 Å². The first-order chi connectivity index (χ1) is 8.25. The van der Waals surface area contributed by atoms with Gasteiger partial charge in [-0.2, -0.15) is 0 Å². The van der Waals surface area contributed by atoms with E-state index in [2.05, 4.69) is 12.2 Å². The van der Waals surface area contributed by atoms with Gasteiger partial charge >= 0.3 is 0 Å². The van der Waals surface area contributed by atoms with E-state index < -0.39 is 0 Å². The molecule has 2 nitrogen and oxygen atoms in total. The molecule has 0 spiro atoms. The Labute approximate surface area is 103 Å². The van der Waals surface area contributed by atoms with E-state index >= 15 is 0 Å². The summed E-state index contributed by atoms with van der Waals surface area (Å²) in [5.41, 5.74) is 1.03. The Morgan fingerprint density at radius 3 is 2.47 bits per heavy atom. The van der Waals surface area contributed by atoms with Crippen LogP contribution in [0.2, 0.25) is 0 Å². The monoisotopic (exact) mass is 231 g/mol. The van der Waals surface area contributed by atoms with Crippen LogP contribution in [0.15, 0.2) is 30.3 Å². The highest BCUT2D eigenvalue weighted by atomic mass is 16.1. The average Bonchev–Trinajstić information content (AvgIpc) is 2.38. The number of ketones is 1. The van der Waals surface area contributed by atoms with Gasteiger partial charge in [0.2, 0.25) is 0 Å². The largest absolute Gasteiger partial charge is 0.378 e. The standard InChI is InChI=1S/C15H21NO/c1-12-7-9-13(10-8-12)15(17)11-16-14-5-3-2-4-6-14/h2-6,12-13,16H,7-11H2,1H3. The van der Waals surface area contributed by atoms with Crippen molar-refractivity contribution >= 4 is 11.5 Å². The SMILES string of the molecule is CC1CCC(C(=O)CNc2ccccc2)CC1. The zero-order valence-electron chi connectivity index (χ0n) is 10.5. The van der Waals surface area contributed by atoms with Crippen LogP contribution in [0.3, 0.4) is 0 Å². The van der Waals surface area contributed by atoms with Crippen molar-refractivity contribution in [3.8, 4) is 0 Å². The van der Waals surface area contributed by atoms with Gasteiger partial charge in [0, 0.05) is 11.6 Å².